The van der Waals surface area contributed by atoms with E-state index in [-0.39, 0.29) is 10.7 Å². The molecule has 144 valence electrons. The van der Waals surface area contributed by atoms with Gasteiger partial charge in [-0.05, 0) is 49.0 Å². The second-order valence-electron chi connectivity index (χ2n) is 6.00. The van der Waals surface area contributed by atoms with Crippen LogP contribution in [0.2, 0.25) is 10.0 Å². The van der Waals surface area contributed by atoms with Crippen molar-refractivity contribution in [3.63, 3.8) is 0 Å². The number of nitro benzene ring substituents is 1. The van der Waals surface area contributed by atoms with E-state index in [1.807, 2.05) is 0 Å². The molecule has 0 bridgehead atoms. The van der Waals surface area contributed by atoms with Crippen LogP contribution in [0.3, 0.4) is 0 Å². The summed E-state index contributed by atoms with van der Waals surface area (Å²) in [5.41, 5.74) is 1.62. The van der Waals surface area contributed by atoms with Gasteiger partial charge in [-0.3, -0.25) is 14.9 Å². The molecule has 0 unspecified atom stereocenters. The van der Waals surface area contributed by atoms with Gasteiger partial charge < -0.3 is 16.0 Å². The number of nitro groups is 1. The highest BCUT2D eigenvalue weighted by atomic mass is 35.5. The van der Waals surface area contributed by atoms with E-state index in [9.17, 15) is 14.9 Å². The summed E-state index contributed by atoms with van der Waals surface area (Å²) in [5, 5.41) is 20.7. The maximum Gasteiger partial charge on any atom is 0.288 e. The van der Waals surface area contributed by atoms with Crippen LogP contribution in [0.1, 0.15) is 18.5 Å². The summed E-state index contributed by atoms with van der Waals surface area (Å²) in [4.78, 5) is 23.6. The number of anilines is 1. The average Bonchev–Trinajstić information content (AvgIpc) is 2.61. The Bertz CT molecular complexity index is 1030. The Kier molecular flexibility index (Phi) is 5.83. The fourth-order valence-electron chi connectivity index (χ4n) is 2.86. The van der Waals surface area contributed by atoms with Crippen LogP contribution in [0.25, 0.3) is 0 Å². The van der Waals surface area contributed by atoms with Crippen molar-refractivity contribution in [2.24, 2.45) is 0 Å². The zero-order chi connectivity index (χ0) is 20.4. The van der Waals surface area contributed by atoms with Gasteiger partial charge in [-0.25, -0.2) is 0 Å². The van der Waals surface area contributed by atoms with Gasteiger partial charge in [0.2, 0.25) is 0 Å². The van der Waals surface area contributed by atoms with Gasteiger partial charge in [0.25, 0.3) is 11.6 Å². The number of rotatable bonds is 4. The molecule has 10 heteroatoms. The van der Waals surface area contributed by atoms with Gasteiger partial charge in [-0.1, -0.05) is 35.3 Å². The smallest absolute Gasteiger partial charge is 0.288 e. The highest BCUT2D eigenvalue weighted by Crippen LogP contribution is 2.33. The molecule has 0 spiro atoms. The molecule has 0 radical (unpaired) electrons. The van der Waals surface area contributed by atoms with Gasteiger partial charge in [0, 0.05) is 22.5 Å². The lowest BCUT2D eigenvalue weighted by molar-refractivity contribution is -0.384. The zero-order valence-electron chi connectivity index (χ0n) is 14.5. The van der Waals surface area contributed by atoms with E-state index in [0.29, 0.717) is 32.7 Å². The molecule has 7 nitrogen and oxygen atoms in total. The Hall–Kier alpha value is -2.68. The summed E-state index contributed by atoms with van der Waals surface area (Å²) >= 11 is 17.1. The Morgan fingerprint density at radius 1 is 1.25 bits per heavy atom. The Balaban J connectivity index is 2.00. The minimum absolute atomic E-state index is 0.0101. The van der Waals surface area contributed by atoms with Crippen molar-refractivity contribution in [2.75, 3.05) is 5.32 Å². The van der Waals surface area contributed by atoms with E-state index in [0.717, 1.165) is 0 Å². The van der Waals surface area contributed by atoms with Crippen LogP contribution in [0.4, 0.5) is 11.4 Å². The van der Waals surface area contributed by atoms with Crippen molar-refractivity contribution in [3.05, 3.63) is 79.5 Å². The molecule has 0 saturated carbocycles. The van der Waals surface area contributed by atoms with Crippen LogP contribution in [0, 0.1) is 10.1 Å². The monoisotopic (exact) mass is 436 g/mol. The fourth-order valence-corrected chi connectivity index (χ4v) is 3.51. The molecule has 3 N–H and O–H groups in total. The molecule has 2 aromatic rings. The first kappa shape index (κ1) is 20.1. The highest BCUT2D eigenvalue weighted by molar-refractivity contribution is 7.80. The number of benzene rings is 2. The molecule has 0 aliphatic carbocycles. The number of hydrogen-bond donors (Lipinski definition) is 3. The number of nitrogens with zero attached hydrogens (tertiary/aromatic N) is 1. The Labute approximate surface area is 175 Å². The van der Waals surface area contributed by atoms with Gasteiger partial charge in [-0.2, -0.15) is 0 Å². The maximum absolute atomic E-state index is 13.0. The predicted molar refractivity (Wildman–Crippen MR) is 112 cm³/mol. The lowest BCUT2D eigenvalue weighted by Gasteiger charge is -2.30. The molecule has 0 aromatic heterocycles. The average molecular weight is 437 g/mol. The standard InChI is InChI=1S/C18H14Cl2N4O3S/c1-9-15(17(25)22-12-4-2-3-11(19)8-12)16(23-18(28)21-9)10-5-6-13(20)14(7-10)24(26)27/h2-8,16H,1H3,(H,22,25)(H2,21,23,28)/t16-/m0/s1. The van der Waals surface area contributed by atoms with E-state index in [1.54, 1.807) is 37.3 Å². The van der Waals surface area contributed by atoms with Crippen molar-refractivity contribution in [1.82, 2.24) is 10.6 Å². The van der Waals surface area contributed by atoms with Crippen LogP contribution < -0.4 is 16.0 Å². The van der Waals surface area contributed by atoms with Gasteiger partial charge in [0.05, 0.1) is 16.5 Å². The number of thiocarbonyl (C=S) groups is 1. The maximum atomic E-state index is 13.0. The van der Waals surface area contributed by atoms with Crippen LogP contribution in [-0.4, -0.2) is 15.9 Å². The molecule has 3 rings (SSSR count). The van der Waals surface area contributed by atoms with Crippen molar-refractivity contribution in [2.45, 2.75) is 13.0 Å². The second-order valence-corrected chi connectivity index (χ2v) is 7.25. The molecule has 1 aliphatic rings. The number of allylic oxidation sites excluding steroid dienone is 1. The lowest BCUT2D eigenvalue weighted by Crippen LogP contribution is -2.45. The van der Waals surface area contributed by atoms with Gasteiger partial charge in [-0.15, -0.1) is 0 Å². The third-order valence-electron chi connectivity index (χ3n) is 4.10. The van der Waals surface area contributed by atoms with E-state index in [1.165, 1.54) is 12.1 Å². The summed E-state index contributed by atoms with van der Waals surface area (Å²) in [6.07, 6.45) is 0. The van der Waals surface area contributed by atoms with Crippen LogP contribution >= 0.6 is 35.4 Å². The second kappa shape index (κ2) is 8.14. The largest absolute Gasteiger partial charge is 0.351 e. The third-order valence-corrected chi connectivity index (χ3v) is 4.87. The van der Waals surface area contributed by atoms with E-state index < -0.39 is 16.9 Å². The molecule has 28 heavy (non-hydrogen) atoms. The van der Waals surface area contributed by atoms with Crippen LogP contribution in [-0.2, 0) is 4.79 Å². The van der Waals surface area contributed by atoms with Crippen LogP contribution in [0.5, 0.6) is 0 Å². The number of carbonyl (C=O) groups excluding carboxylic acids is 1. The normalized spacial score (nSPS) is 16.2. The Morgan fingerprint density at radius 3 is 2.68 bits per heavy atom. The third kappa shape index (κ3) is 4.24. The molecular formula is C18H14Cl2N4O3S. The van der Waals surface area contributed by atoms with E-state index in [2.05, 4.69) is 16.0 Å². The minimum Gasteiger partial charge on any atom is -0.351 e. The SMILES string of the molecule is CC1=C(C(=O)Nc2cccc(Cl)c2)[C@H](c2ccc(Cl)c([N+](=O)[O-])c2)NC(=S)N1. The molecule has 1 amide bonds. The first-order chi connectivity index (χ1) is 13.3. The fraction of sp³-hybridized carbons (Fsp3) is 0.111. The molecule has 1 heterocycles. The quantitative estimate of drug-likeness (QED) is 0.374. The van der Waals surface area contributed by atoms with E-state index in [4.69, 9.17) is 35.4 Å². The number of amides is 1. The van der Waals surface area contributed by atoms with Crippen molar-refractivity contribution >= 4 is 57.8 Å². The molecule has 2 aromatic carbocycles. The number of carbonyl (C=O) groups is 1. The molecule has 0 fully saturated rings. The zero-order valence-corrected chi connectivity index (χ0v) is 16.8. The van der Waals surface area contributed by atoms with Crippen molar-refractivity contribution < 1.29 is 9.72 Å². The summed E-state index contributed by atoms with van der Waals surface area (Å²) in [6, 6.07) is 10.4. The van der Waals surface area contributed by atoms with Gasteiger partial charge in [0.15, 0.2) is 5.11 Å². The number of nitrogens with one attached hydrogen (secondary N) is 3. The van der Waals surface area contributed by atoms with E-state index >= 15 is 0 Å². The molecule has 0 saturated heterocycles. The van der Waals surface area contributed by atoms with Gasteiger partial charge in [0.1, 0.15) is 5.02 Å². The topological polar surface area (TPSA) is 96.3 Å². The van der Waals surface area contributed by atoms with Crippen molar-refractivity contribution in [1.29, 1.82) is 0 Å². The number of hydrogen-bond acceptors (Lipinski definition) is 4. The summed E-state index contributed by atoms with van der Waals surface area (Å²) in [6.45, 7) is 1.71. The first-order valence-electron chi connectivity index (χ1n) is 8.05. The number of halogens is 2. The molecular weight excluding hydrogens is 423 g/mol. The van der Waals surface area contributed by atoms with Crippen LogP contribution in [0.15, 0.2) is 53.7 Å². The van der Waals surface area contributed by atoms with Crippen molar-refractivity contribution in [3.8, 4) is 0 Å². The minimum atomic E-state index is -0.691. The highest BCUT2D eigenvalue weighted by Gasteiger charge is 2.31. The summed E-state index contributed by atoms with van der Waals surface area (Å²) < 4.78 is 0. The molecule has 1 atom stereocenters. The first-order valence-corrected chi connectivity index (χ1v) is 9.21. The predicted octanol–water partition coefficient (Wildman–Crippen LogP) is 4.33. The molecule has 1 aliphatic heterocycles. The van der Waals surface area contributed by atoms with Gasteiger partial charge >= 0.3 is 0 Å². The lowest BCUT2D eigenvalue weighted by atomic mass is 9.94. The summed E-state index contributed by atoms with van der Waals surface area (Å²) in [7, 11) is 0. The summed E-state index contributed by atoms with van der Waals surface area (Å²) in [5.74, 6) is -0.398. The Morgan fingerprint density at radius 2 is 2.00 bits per heavy atom.